The van der Waals surface area contributed by atoms with Crippen LogP contribution in [0.3, 0.4) is 0 Å². The van der Waals surface area contributed by atoms with Gasteiger partial charge in [0.25, 0.3) is 0 Å². The van der Waals surface area contributed by atoms with Crippen LogP contribution in [0.4, 0.5) is 4.39 Å². The van der Waals surface area contributed by atoms with E-state index in [1.54, 1.807) is 18.2 Å². The van der Waals surface area contributed by atoms with Crippen LogP contribution in [0.25, 0.3) is 17.2 Å². The van der Waals surface area contributed by atoms with Crippen LogP contribution in [0.5, 0.6) is 0 Å². The summed E-state index contributed by atoms with van der Waals surface area (Å²) in [5.74, 6) is -0.412. The number of esters is 1. The lowest BCUT2D eigenvalue weighted by Crippen LogP contribution is -2.41. The number of aliphatic hydroxyl groups is 1. The summed E-state index contributed by atoms with van der Waals surface area (Å²) in [5, 5.41) is 12.8. The van der Waals surface area contributed by atoms with Crippen molar-refractivity contribution < 1.29 is 23.8 Å². The molecule has 2 aromatic rings. The van der Waals surface area contributed by atoms with Gasteiger partial charge in [0.05, 0.1) is 13.2 Å². The molecule has 2 heterocycles. The zero-order valence-corrected chi connectivity index (χ0v) is 20.5. The van der Waals surface area contributed by atoms with E-state index in [0.29, 0.717) is 5.92 Å². The number of carbonyl (C=O) groups excluding carboxylic acids is 2. The molecule has 1 aromatic carbocycles. The van der Waals surface area contributed by atoms with Gasteiger partial charge in [-0.15, -0.1) is 0 Å². The van der Waals surface area contributed by atoms with Crippen molar-refractivity contribution in [3.05, 3.63) is 53.6 Å². The van der Waals surface area contributed by atoms with Crippen molar-refractivity contribution in [3.63, 3.8) is 0 Å². The van der Waals surface area contributed by atoms with Crippen LogP contribution in [0.1, 0.15) is 63.6 Å². The molecule has 1 aliphatic rings. The topological polar surface area (TPSA) is 71.8 Å². The Morgan fingerprint density at radius 2 is 1.85 bits per heavy atom. The zero-order chi connectivity index (χ0) is 24.8. The molecule has 184 valence electrons. The molecule has 0 saturated carbocycles. The van der Waals surface area contributed by atoms with E-state index < -0.39 is 12.1 Å². The summed E-state index contributed by atoms with van der Waals surface area (Å²) < 4.78 is 20.3. The molecule has 0 aliphatic carbocycles. The van der Waals surface area contributed by atoms with E-state index in [2.05, 4.69) is 41.4 Å². The third-order valence-corrected chi connectivity index (χ3v) is 6.32. The summed E-state index contributed by atoms with van der Waals surface area (Å²) in [7, 11) is 1.23. The largest absolute Gasteiger partial charge is 0.469 e. The molecule has 1 fully saturated rings. The number of aromatic nitrogens is 1. The highest BCUT2D eigenvalue weighted by atomic mass is 19.1. The monoisotopic (exact) mass is 470 g/mol. The molecule has 1 saturated heterocycles. The second kappa shape index (κ2) is 11.5. The average Bonchev–Trinajstić information content (AvgIpc) is 3.18. The van der Waals surface area contributed by atoms with Crippen molar-refractivity contribution in [2.45, 2.75) is 58.5 Å². The zero-order valence-electron chi connectivity index (χ0n) is 20.5. The average molecular weight is 471 g/mol. The van der Waals surface area contributed by atoms with Gasteiger partial charge in [0.1, 0.15) is 18.0 Å². The van der Waals surface area contributed by atoms with Gasteiger partial charge in [0.15, 0.2) is 0 Å². The molecule has 0 radical (unpaired) electrons. The quantitative estimate of drug-likeness (QED) is 0.426. The molecule has 0 amide bonds. The van der Waals surface area contributed by atoms with Gasteiger partial charge < -0.3 is 14.9 Å². The fourth-order valence-corrected chi connectivity index (χ4v) is 4.39. The van der Waals surface area contributed by atoms with Gasteiger partial charge in [0.2, 0.25) is 0 Å². The predicted octanol–water partition coefficient (Wildman–Crippen LogP) is 4.68. The highest BCUT2D eigenvalue weighted by molar-refractivity contribution is 5.95. The second-order valence-electron chi connectivity index (χ2n) is 9.41. The maximum atomic E-state index is 13.6. The van der Waals surface area contributed by atoms with Gasteiger partial charge in [-0.05, 0) is 42.4 Å². The molecule has 6 nitrogen and oxygen atoms in total. The van der Waals surface area contributed by atoms with Crippen LogP contribution in [0.15, 0.2) is 36.5 Å². The first-order chi connectivity index (χ1) is 16.2. The normalized spacial score (nSPS) is 15.8. The maximum absolute atomic E-state index is 13.6. The van der Waals surface area contributed by atoms with E-state index in [0.717, 1.165) is 48.3 Å². The molecular formula is C27H35FN2O4. The number of aliphatic hydroxyl groups excluding tert-OH is 1. The molecule has 1 aliphatic heterocycles. The molecule has 7 heteroatoms. The lowest BCUT2D eigenvalue weighted by atomic mass is 9.97. The highest BCUT2D eigenvalue weighted by Crippen LogP contribution is 2.35. The van der Waals surface area contributed by atoms with Crippen LogP contribution in [-0.4, -0.2) is 47.8 Å². The molecular weight excluding hydrogens is 435 g/mol. The summed E-state index contributed by atoms with van der Waals surface area (Å²) in [5.41, 5.74) is 3.84. The minimum atomic E-state index is -1.03. The Morgan fingerprint density at radius 3 is 2.44 bits per heavy atom. The number of carbonyl (C=O) groups is 2. The summed E-state index contributed by atoms with van der Waals surface area (Å²) in [6.45, 7) is 8.43. The van der Waals surface area contributed by atoms with Crippen molar-refractivity contribution in [1.82, 2.24) is 4.68 Å². The van der Waals surface area contributed by atoms with E-state index in [9.17, 15) is 19.1 Å². The first-order valence-corrected chi connectivity index (χ1v) is 11.9. The van der Waals surface area contributed by atoms with Crippen LogP contribution in [0.2, 0.25) is 0 Å². The third kappa shape index (κ3) is 6.35. The number of methoxy groups -OCH3 is 1. The van der Waals surface area contributed by atoms with E-state index in [-0.39, 0.29) is 30.4 Å². The third-order valence-electron chi connectivity index (χ3n) is 6.32. The van der Waals surface area contributed by atoms with Gasteiger partial charge in [-0.3, -0.25) is 14.3 Å². The van der Waals surface area contributed by atoms with Crippen LogP contribution in [-0.2, 0) is 14.3 Å². The second-order valence-corrected chi connectivity index (χ2v) is 9.41. The van der Waals surface area contributed by atoms with Gasteiger partial charge in [0, 0.05) is 42.5 Å². The summed E-state index contributed by atoms with van der Waals surface area (Å²) in [6, 6.07) is 6.40. The summed E-state index contributed by atoms with van der Waals surface area (Å²) in [4.78, 5) is 23.4. The molecule has 0 bridgehead atoms. The molecule has 3 rings (SSSR count). The van der Waals surface area contributed by atoms with E-state index in [1.165, 1.54) is 19.2 Å². The smallest absolute Gasteiger partial charge is 0.313 e. The Bertz CT molecular complexity index is 1020. The first kappa shape index (κ1) is 25.7. The Balaban J connectivity index is 1.97. The van der Waals surface area contributed by atoms with Gasteiger partial charge in [-0.1, -0.05) is 45.1 Å². The number of Topliss-reactive ketones (excluding diaryl/α,β-unsaturated/α-hetero) is 1. The Hall–Kier alpha value is -2.93. The van der Waals surface area contributed by atoms with E-state index in [4.69, 9.17) is 0 Å². The fraction of sp³-hybridized carbons (Fsp3) is 0.481. The van der Waals surface area contributed by atoms with Crippen LogP contribution in [0, 0.1) is 11.7 Å². The number of nitrogens with zero attached hydrogens (tertiary/aromatic N) is 2. The summed E-state index contributed by atoms with van der Waals surface area (Å²) in [6.07, 6.45) is 6.20. The molecule has 1 N–H and O–H groups in total. The van der Waals surface area contributed by atoms with Crippen molar-refractivity contribution in [2.24, 2.45) is 5.92 Å². The number of piperidine rings is 1. The number of ether oxygens (including phenoxy) is 1. The molecule has 1 unspecified atom stereocenters. The minimum absolute atomic E-state index is 0.167. The highest BCUT2D eigenvalue weighted by Gasteiger charge is 2.24. The lowest BCUT2D eigenvalue weighted by molar-refractivity contribution is -0.143. The molecule has 1 aromatic heterocycles. The van der Waals surface area contributed by atoms with E-state index >= 15 is 0 Å². The van der Waals surface area contributed by atoms with Crippen LogP contribution >= 0.6 is 0 Å². The van der Waals surface area contributed by atoms with Crippen molar-refractivity contribution in [1.29, 1.82) is 0 Å². The molecule has 1 atom stereocenters. The number of rotatable bonds is 9. The van der Waals surface area contributed by atoms with Crippen molar-refractivity contribution >= 4 is 17.8 Å². The minimum Gasteiger partial charge on any atom is -0.469 e. The lowest BCUT2D eigenvalue weighted by Gasteiger charge is -2.35. The van der Waals surface area contributed by atoms with E-state index in [1.807, 2.05) is 6.08 Å². The molecule has 0 spiro atoms. The van der Waals surface area contributed by atoms with Gasteiger partial charge in [-0.2, -0.15) is 0 Å². The first-order valence-electron chi connectivity index (χ1n) is 11.9. The van der Waals surface area contributed by atoms with Crippen molar-refractivity contribution in [2.75, 3.05) is 25.2 Å². The summed E-state index contributed by atoms with van der Waals surface area (Å²) >= 11 is 0. The number of halogens is 1. The Labute approximate surface area is 201 Å². The number of benzene rings is 1. The Morgan fingerprint density at radius 1 is 1.21 bits per heavy atom. The van der Waals surface area contributed by atoms with Gasteiger partial charge >= 0.3 is 5.97 Å². The Kier molecular flexibility index (Phi) is 8.67. The number of hydrogen-bond acceptors (Lipinski definition) is 5. The maximum Gasteiger partial charge on any atom is 0.313 e. The van der Waals surface area contributed by atoms with Crippen LogP contribution < -0.4 is 5.01 Å². The molecule has 34 heavy (non-hydrogen) atoms. The SMILES string of the molecule is COC(=O)CC(=O)CC(O)/C=C/c1c(-c2ccc(F)cc2)cn(N2CCC(C)CC2)c1C(C)C. The van der Waals surface area contributed by atoms with Crippen molar-refractivity contribution in [3.8, 4) is 11.1 Å². The number of ketones is 1. The predicted molar refractivity (Wildman–Crippen MR) is 132 cm³/mol. The number of hydrogen-bond donors (Lipinski definition) is 1. The standard InChI is InChI=1S/C27H35FN2O4/c1-18(2)27-24(10-9-22(31)15-23(32)16-26(33)34-4)25(20-5-7-21(28)8-6-20)17-30(27)29-13-11-19(3)12-14-29/h5-10,17-19,22,31H,11-16H2,1-4H3/b10-9+. The fourth-order valence-electron chi connectivity index (χ4n) is 4.39. The van der Waals surface area contributed by atoms with Gasteiger partial charge in [-0.25, -0.2) is 4.39 Å².